The predicted molar refractivity (Wildman–Crippen MR) is 140 cm³/mol. The van der Waals surface area contributed by atoms with Gasteiger partial charge in [-0.3, -0.25) is 14.4 Å². The third kappa shape index (κ3) is 3.90. The van der Waals surface area contributed by atoms with Crippen molar-refractivity contribution in [1.82, 2.24) is 4.90 Å². The SMILES string of the molecule is COc1ccc(-c2ccc(O)c3c2C[C@H]2C[C@H]4CC(O)=C(C(N)=O)C(=O)[C@@]4(O)C(O)=C2C3=O)cc1CN(C)C. The van der Waals surface area contributed by atoms with Crippen LogP contribution in [-0.2, 0) is 22.6 Å². The third-order valence-corrected chi connectivity index (χ3v) is 8.02. The number of aliphatic hydroxyl groups is 3. The number of carbonyl (C=O) groups excluding carboxylic acids is 3. The van der Waals surface area contributed by atoms with Gasteiger partial charge < -0.3 is 35.8 Å². The number of aliphatic hydroxyl groups excluding tert-OH is 2. The summed E-state index contributed by atoms with van der Waals surface area (Å²) in [5.74, 6) is -5.77. The van der Waals surface area contributed by atoms with Crippen molar-refractivity contribution in [3.8, 4) is 22.6 Å². The first-order chi connectivity index (χ1) is 18.4. The molecule has 0 bridgehead atoms. The molecule has 2 aromatic carbocycles. The van der Waals surface area contributed by atoms with Crippen molar-refractivity contribution < 1.29 is 39.5 Å². The molecule has 0 fully saturated rings. The lowest BCUT2D eigenvalue weighted by Crippen LogP contribution is -2.57. The molecule has 2 aromatic rings. The van der Waals surface area contributed by atoms with Gasteiger partial charge >= 0.3 is 0 Å². The number of hydrogen-bond donors (Lipinski definition) is 5. The van der Waals surface area contributed by atoms with E-state index in [4.69, 9.17) is 10.5 Å². The number of primary amides is 1. The maximum atomic E-state index is 13.8. The molecule has 6 N–H and O–H groups in total. The molecule has 10 heteroatoms. The monoisotopic (exact) mass is 534 g/mol. The van der Waals surface area contributed by atoms with E-state index in [9.17, 15) is 34.8 Å². The fourth-order valence-electron chi connectivity index (χ4n) is 6.30. The Kier molecular flexibility index (Phi) is 6.27. The number of phenols is 1. The van der Waals surface area contributed by atoms with Crippen molar-refractivity contribution in [3.05, 3.63) is 69.7 Å². The maximum absolute atomic E-state index is 13.8. The summed E-state index contributed by atoms with van der Waals surface area (Å²) in [4.78, 5) is 40.7. The molecule has 0 radical (unpaired) electrons. The molecule has 0 saturated carbocycles. The Morgan fingerprint density at radius 1 is 1.13 bits per heavy atom. The zero-order valence-electron chi connectivity index (χ0n) is 21.8. The summed E-state index contributed by atoms with van der Waals surface area (Å²) in [7, 11) is 5.47. The van der Waals surface area contributed by atoms with E-state index >= 15 is 0 Å². The maximum Gasteiger partial charge on any atom is 0.255 e. The number of carbonyl (C=O) groups is 3. The molecule has 39 heavy (non-hydrogen) atoms. The van der Waals surface area contributed by atoms with Crippen molar-refractivity contribution in [1.29, 1.82) is 0 Å². The molecule has 0 unspecified atom stereocenters. The minimum Gasteiger partial charge on any atom is -0.511 e. The highest BCUT2D eigenvalue weighted by molar-refractivity contribution is 6.24. The van der Waals surface area contributed by atoms with Crippen molar-refractivity contribution in [3.63, 3.8) is 0 Å². The second-order valence-corrected chi connectivity index (χ2v) is 10.7. The Labute approximate surface area is 224 Å². The number of fused-ring (bicyclic) bond motifs is 3. The lowest BCUT2D eigenvalue weighted by atomic mass is 9.60. The molecule has 0 heterocycles. The number of ether oxygens (including phenoxy) is 1. The highest BCUT2D eigenvalue weighted by Gasteiger charge is 2.59. The number of Topliss-reactive ketones (excluding diaryl/α,β-unsaturated/α-hetero) is 2. The summed E-state index contributed by atoms with van der Waals surface area (Å²) < 4.78 is 5.51. The largest absolute Gasteiger partial charge is 0.511 e. The number of allylic oxidation sites excluding steroid dienone is 2. The zero-order valence-corrected chi connectivity index (χ0v) is 21.8. The van der Waals surface area contributed by atoms with E-state index < -0.39 is 52.0 Å². The molecular weight excluding hydrogens is 504 g/mol. The van der Waals surface area contributed by atoms with Crippen LogP contribution in [-0.4, -0.2) is 69.6 Å². The standard InChI is InChI=1S/C29H30N2O8/c1-31(2)12-15-8-13(4-7-21(15)39-3)17-5-6-19(32)23-18(17)10-14-9-16-11-20(33)24(28(30)37)27(36)29(16,38)26(35)22(14)25(23)34/h4-8,14,16,32-33,35,38H,9-12H2,1-3H3,(H2,30,37)/t14-,16+,29+/m1/s1. The molecular formula is C29H30N2O8. The van der Waals surface area contributed by atoms with Crippen LogP contribution in [0.25, 0.3) is 11.1 Å². The lowest BCUT2D eigenvalue weighted by molar-refractivity contribution is -0.144. The molecule has 3 atom stereocenters. The highest BCUT2D eigenvalue weighted by Crippen LogP contribution is 2.52. The number of aromatic hydroxyl groups is 1. The molecule has 0 aromatic heterocycles. The van der Waals surface area contributed by atoms with E-state index in [2.05, 4.69) is 0 Å². The van der Waals surface area contributed by atoms with Gasteiger partial charge in [-0.25, -0.2) is 0 Å². The molecule has 1 amide bonds. The Balaban J connectivity index is 1.65. The van der Waals surface area contributed by atoms with E-state index in [0.717, 1.165) is 16.7 Å². The number of amides is 1. The zero-order chi connectivity index (χ0) is 28.4. The highest BCUT2D eigenvalue weighted by atomic mass is 16.5. The first-order valence-corrected chi connectivity index (χ1v) is 12.5. The van der Waals surface area contributed by atoms with Crippen molar-refractivity contribution in [2.45, 2.75) is 31.4 Å². The minimum atomic E-state index is -2.58. The van der Waals surface area contributed by atoms with E-state index in [0.29, 0.717) is 17.9 Å². The van der Waals surface area contributed by atoms with Gasteiger partial charge in [0.1, 0.15) is 28.6 Å². The van der Waals surface area contributed by atoms with E-state index in [1.807, 2.05) is 37.2 Å². The number of hydrogen-bond acceptors (Lipinski definition) is 9. The van der Waals surface area contributed by atoms with Gasteiger partial charge in [-0.2, -0.15) is 0 Å². The van der Waals surface area contributed by atoms with Crippen molar-refractivity contribution in [2.24, 2.45) is 17.6 Å². The Morgan fingerprint density at radius 3 is 2.49 bits per heavy atom. The summed E-state index contributed by atoms with van der Waals surface area (Å²) in [5, 5.41) is 43.7. The predicted octanol–water partition coefficient (Wildman–Crippen LogP) is 2.32. The Bertz CT molecular complexity index is 1500. The van der Waals surface area contributed by atoms with Crippen LogP contribution in [0, 0.1) is 11.8 Å². The van der Waals surface area contributed by atoms with Crippen LogP contribution in [0.3, 0.4) is 0 Å². The van der Waals surface area contributed by atoms with Crippen LogP contribution >= 0.6 is 0 Å². The first kappa shape index (κ1) is 26.5. The first-order valence-electron chi connectivity index (χ1n) is 12.5. The van der Waals surface area contributed by atoms with Crippen LogP contribution in [0.5, 0.6) is 11.5 Å². The second-order valence-electron chi connectivity index (χ2n) is 10.7. The molecule has 3 aliphatic carbocycles. The molecule has 5 rings (SSSR count). The minimum absolute atomic E-state index is 0.0194. The van der Waals surface area contributed by atoms with E-state index in [1.54, 1.807) is 13.2 Å². The van der Waals surface area contributed by atoms with Crippen LogP contribution in [0.15, 0.2) is 53.0 Å². The number of rotatable bonds is 5. The second kappa shape index (κ2) is 9.25. The average molecular weight is 535 g/mol. The lowest BCUT2D eigenvalue weighted by Gasteiger charge is -2.45. The summed E-state index contributed by atoms with van der Waals surface area (Å²) in [6, 6.07) is 8.80. The van der Waals surface area contributed by atoms with Gasteiger partial charge in [-0.1, -0.05) is 12.1 Å². The Hall–Kier alpha value is -4.15. The molecule has 10 nitrogen and oxygen atoms in total. The van der Waals surface area contributed by atoms with Gasteiger partial charge in [-0.05, 0) is 67.7 Å². The van der Waals surface area contributed by atoms with Crippen molar-refractivity contribution in [2.75, 3.05) is 21.2 Å². The van der Waals surface area contributed by atoms with Gasteiger partial charge in [-0.15, -0.1) is 0 Å². The Morgan fingerprint density at radius 2 is 1.85 bits per heavy atom. The molecule has 0 spiro atoms. The fourth-order valence-corrected chi connectivity index (χ4v) is 6.30. The van der Waals surface area contributed by atoms with Crippen LogP contribution in [0.4, 0.5) is 0 Å². The summed E-state index contributed by atoms with van der Waals surface area (Å²) in [6.45, 7) is 0.609. The van der Waals surface area contributed by atoms with Gasteiger partial charge in [0.2, 0.25) is 5.78 Å². The van der Waals surface area contributed by atoms with E-state index in [1.165, 1.54) is 6.07 Å². The molecule has 0 saturated heterocycles. The number of benzene rings is 2. The quantitative estimate of drug-likeness (QED) is 0.361. The number of methoxy groups -OCH3 is 1. The summed E-state index contributed by atoms with van der Waals surface area (Å²) in [5.41, 5.74) is 4.70. The fraction of sp³-hybridized carbons (Fsp3) is 0.345. The number of nitrogens with zero attached hydrogens (tertiary/aromatic N) is 1. The van der Waals surface area contributed by atoms with Crippen LogP contribution in [0.1, 0.15) is 34.3 Å². The third-order valence-electron chi connectivity index (χ3n) is 8.02. The van der Waals surface area contributed by atoms with Gasteiger partial charge in [0.15, 0.2) is 11.4 Å². The van der Waals surface area contributed by atoms with E-state index in [-0.39, 0.29) is 36.1 Å². The normalized spacial score (nSPS) is 24.4. The molecule has 204 valence electrons. The summed E-state index contributed by atoms with van der Waals surface area (Å²) in [6.07, 6.45) is 0.0361. The number of nitrogens with two attached hydrogens (primary N) is 1. The van der Waals surface area contributed by atoms with Crippen molar-refractivity contribution >= 4 is 17.5 Å². The molecule has 3 aliphatic rings. The van der Waals surface area contributed by atoms with Gasteiger partial charge in [0.05, 0.1) is 12.7 Å². The average Bonchev–Trinajstić information content (AvgIpc) is 2.85. The topological polar surface area (TPSA) is 171 Å². The van der Waals surface area contributed by atoms with Crippen LogP contribution < -0.4 is 10.5 Å². The number of ketones is 2. The molecule has 0 aliphatic heterocycles. The van der Waals surface area contributed by atoms with Crippen LogP contribution in [0.2, 0.25) is 0 Å². The summed E-state index contributed by atoms with van der Waals surface area (Å²) >= 11 is 0. The smallest absolute Gasteiger partial charge is 0.255 e. The van der Waals surface area contributed by atoms with Gasteiger partial charge in [0, 0.05) is 30.0 Å². The van der Waals surface area contributed by atoms with Gasteiger partial charge in [0.25, 0.3) is 5.91 Å². The number of phenolic OH excluding ortho intramolecular Hbond substituents is 1.